The van der Waals surface area contributed by atoms with Crippen molar-refractivity contribution >= 4 is 0 Å². The summed E-state index contributed by atoms with van der Waals surface area (Å²) < 4.78 is 0. The minimum atomic E-state index is 0.597. The lowest BCUT2D eigenvalue weighted by atomic mass is 10.0. The Morgan fingerprint density at radius 3 is 2.74 bits per heavy atom. The summed E-state index contributed by atoms with van der Waals surface area (Å²) in [6.07, 6.45) is 3.68. The molecule has 1 heterocycles. The predicted molar refractivity (Wildman–Crippen MR) is 77.7 cm³/mol. The number of hydrogen-bond donors (Lipinski definition) is 1. The maximum absolute atomic E-state index is 9.06. The fourth-order valence-electron chi connectivity index (χ4n) is 2.71. The lowest BCUT2D eigenvalue weighted by molar-refractivity contribution is 0.197. The second-order valence-corrected chi connectivity index (χ2v) is 5.27. The van der Waals surface area contributed by atoms with E-state index in [4.69, 9.17) is 5.26 Å². The quantitative estimate of drug-likeness (QED) is 0.881. The fraction of sp³-hybridized carbons (Fsp3) is 0.562. The molecule has 1 fully saturated rings. The highest BCUT2D eigenvalue weighted by Crippen LogP contribution is 2.13. The van der Waals surface area contributed by atoms with Crippen LogP contribution in [0.25, 0.3) is 0 Å². The summed E-state index contributed by atoms with van der Waals surface area (Å²) in [5.74, 6) is 0. The van der Waals surface area contributed by atoms with Crippen molar-refractivity contribution in [1.29, 1.82) is 5.26 Å². The zero-order chi connectivity index (χ0) is 13.5. The van der Waals surface area contributed by atoms with E-state index in [0.29, 0.717) is 6.04 Å². The van der Waals surface area contributed by atoms with E-state index in [0.717, 1.165) is 17.7 Å². The predicted octanol–water partition coefficient (Wildman–Crippen LogP) is 2.52. The Labute approximate surface area is 116 Å². The number of hydrogen-bond acceptors (Lipinski definition) is 3. The van der Waals surface area contributed by atoms with E-state index in [2.05, 4.69) is 23.2 Å². The molecule has 1 N–H and O–H groups in total. The number of benzene rings is 1. The highest BCUT2D eigenvalue weighted by atomic mass is 15.1. The average Bonchev–Trinajstić information content (AvgIpc) is 2.47. The monoisotopic (exact) mass is 257 g/mol. The first-order valence-corrected chi connectivity index (χ1v) is 7.27. The van der Waals surface area contributed by atoms with Crippen molar-refractivity contribution in [1.82, 2.24) is 10.2 Å². The second kappa shape index (κ2) is 7.28. The first-order valence-electron chi connectivity index (χ1n) is 7.27. The van der Waals surface area contributed by atoms with Gasteiger partial charge in [0.2, 0.25) is 0 Å². The average molecular weight is 257 g/mol. The fourth-order valence-corrected chi connectivity index (χ4v) is 2.71. The van der Waals surface area contributed by atoms with Crippen LogP contribution < -0.4 is 5.32 Å². The van der Waals surface area contributed by atoms with Crippen LogP contribution in [0.2, 0.25) is 0 Å². The molecule has 1 aromatic carbocycles. The molecule has 3 nitrogen and oxygen atoms in total. The van der Waals surface area contributed by atoms with Crippen molar-refractivity contribution in [3.05, 3.63) is 35.4 Å². The molecule has 0 amide bonds. The molecule has 0 saturated carbocycles. The van der Waals surface area contributed by atoms with Gasteiger partial charge in [0.15, 0.2) is 0 Å². The highest BCUT2D eigenvalue weighted by Gasteiger charge is 2.18. The second-order valence-electron chi connectivity index (χ2n) is 5.27. The molecule has 102 valence electrons. The van der Waals surface area contributed by atoms with E-state index in [1.165, 1.54) is 38.9 Å². The van der Waals surface area contributed by atoms with Crippen LogP contribution in [-0.4, -0.2) is 30.6 Å². The van der Waals surface area contributed by atoms with Gasteiger partial charge in [-0.05, 0) is 50.5 Å². The molecule has 0 atom stereocenters. The van der Waals surface area contributed by atoms with Gasteiger partial charge < -0.3 is 10.2 Å². The van der Waals surface area contributed by atoms with E-state index >= 15 is 0 Å². The Morgan fingerprint density at radius 2 is 2.05 bits per heavy atom. The Balaban J connectivity index is 1.79. The molecule has 0 spiro atoms. The molecule has 0 bridgehead atoms. The summed E-state index contributed by atoms with van der Waals surface area (Å²) in [5.41, 5.74) is 1.90. The normalized spacial score (nSPS) is 17.3. The molecule has 0 aliphatic carbocycles. The van der Waals surface area contributed by atoms with E-state index in [9.17, 15) is 0 Å². The Morgan fingerprint density at radius 1 is 1.32 bits per heavy atom. The maximum atomic E-state index is 9.06. The first kappa shape index (κ1) is 14.0. The van der Waals surface area contributed by atoms with Crippen LogP contribution in [0.3, 0.4) is 0 Å². The van der Waals surface area contributed by atoms with Gasteiger partial charge in [-0.15, -0.1) is 0 Å². The van der Waals surface area contributed by atoms with Crippen molar-refractivity contribution in [3.63, 3.8) is 0 Å². The van der Waals surface area contributed by atoms with Crippen molar-refractivity contribution in [2.45, 2.75) is 38.8 Å². The van der Waals surface area contributed by atoms with E-state index in [1.807, 2.05) is 24.3 Å². The summed E-state index contributed by atoms with van der Waals surface area (Å²) >= 11 is 0. The van der Waals surface area contributed by atoms with Gasteiger partial charge in [0.05, 0.1) is 11.6 Å². The molecule has 2 rings (SSSR count). The lowest BCUT2D eigenvalue weighted by Gasteiger charge is -2.32. The highest BCUT2D eigenvalue weighted by molar-refractivity contribution is 5.37. The van der Waals surface area contributed by atoms with E-state index < -0.39 is 0 Å². The largest absolute Gasteiger partial charge is 0.310 e. The Bertz CT molecular complexity index is 428. The zero-order valence-electron chi connectivity index (χ0n) is 11.7. The standard InChI is InChI=1S/C16H23N3/c1-2-9-19-10-7-16(8-11-19)18-13-15-6-4-3-5-14(15)12-17/h3-6,16,18H,2,7-11,13H2,1H3. The number of nitriles is 1. The number of nitrogens with zero attached hydrogens (tertiary/aromatic N) is 2. The summed E-state index contributed by atoms with van der Waals surface area (Å²) in [7, 11) is 0. The molecule has 1 aliphatic rings. The van der Waals surface area contributed by atoms with Gasteiger partial charge in [0.25, 0.3) is 0 Å². The van der Waals surface area contributed by atoms with Gasteiger partial charge in [0, 0.05) is 12.6 Å². The molecule has 19 heavy (non-hydrogen) atoms. The summed E-state index contributed by atoms with van der Waals surface area (Å²) in [5, 5.41) is 12.7. The molecule has 0 unspecified atom stereocenters. The number of likely N-dealkylation sites (tertiary alicyclic amines) is 1. The minimum Gasteiger partial charge on any atom is -0.310 e. The molecule has 3 heteroatoms. The van der Waals surface area contributed by atoms with Crippen LogP contribution in [0.15, 0.2) is 24.3 Å². The van der Waals surface area contributed by atoms with Gasteiger partial charge in [-0.25, -0.2) is 0 Å². The number of piperidine rings is 1. The SMILES string of the molecule is CCCN1CCC(NCc2ccccc2C#N)CC1. The number of nitrogens with one attached hydrogen (secondary N) is 1. The van der Waals surface area contributed by atoms with E-state index in [1.54, 1.807) is 0 Å². The third-order valence-corrected chi connectivity index (χ3v) is 3.85. The van der Waals surface area contributed by atoms with Crippen LogP contribution in [-0.2, 0) is 6.54 Å². The van der Waals surface area contributed by atoms with Gasteiger partial charge >= 0.3 is 0 Å². The van der Waals surface area contributed by atoms with E-state index in [-0.39, 0.29) is 0 Å². The smallest absolute Gasteiger partial charge is 0.0995 e. The third kappa shape index (κ3) is 4.05. The first-order chi connectivity index (χ1) is 9.33. The topological polar surface area (TPSA) is 39.1 Å². The molecular weight excluding hydrogens is 234 g/mol. The Kier molecular flexibility index (Phi) is 5.38. The molecule has 1 aliphatic heterocycles. The molecule has 0 aromatic heterocycles. The Hall–Kier alpha value is -1.37. The van der Waals surface area contributed by atoms with Crippen LogP contribution in [0.1, 0.15) is 37.3 Å². The van der Waals surface area contributed by atoms with Crippen molar-refractivity contribution < 1.29 is 0 Å². The summed E-state index contributed by atoms with van der Waals surface area (Å²) in [6.45, 7) is 6.67. The van der Waals surface area contributed by atoms with Gasteiger partial charge in [0.1, 0.15) is 0 Å². The summed E-state index contributed by atoms with van der Waals surface area (Å²) in [6, 6.07) is 10.7. The zero-order valence-corrected chi connectivity index (χ0v) is 11.7. The summed E-state index contributed by atoms with van der Waals surface area (Å²) in [4.78, 5) is 2.54. The lowest BCUT2D eigenvalue weighted by Crippen LogP contribution is -2.42. The van der Waals surface area contributed by atoms with Crippen molar-refractivity contribution in [3.8, 4) is 6.07 Å². The molecule has 1 saturated heterocycles. The minimum absolute atomic E-state index is 0.597. The third-order valence-electron chi connectivity index (χ3n) is 3.85. The molecular formula is C16H23N3. The number of rotatable bonds is 5. The van der Waals surface area contributed by atoms with Crippen LogP contribution in [0, 0.1) is 11.3 Å². The van der Waals surface area contributed by atoms with Crippen LogP contribution in [0.5, 0.6) is 0 Å². The van der Waals surface area contributed by atoms with Gasteiger partial charge in [-0.3, -0.25) is 0 Å². The van der Waals surface area contributed by atoms with Crippen LogP contribution >= 0.6 is 0 Å². The van der Waals surface area contributed by atoms with Crippen molar-refractivity contribution in [2.24, 2.45) is 0 Å². The van der Waals surface area contributed by atoms with Gasteiger partial charge in [-0.1, -0.05) is 25.1 Å². The van der Waals surface area contributed by atoms with Crippen molar-refractivity contribution in [2.75, 3.05) is 19.6 Å². The van der Waals surface area contributed by atoms with Gasteiger partial charge in [-0.2, -0.15) is 5.26 Å². The molecule has 0 radical (unpaired) electrons. The van der Waals surface area contributed by atoms with Crippen LogP contribution in [0.4, 0.5) is 0 Å². The maximum Gasteiger partial charge on any atom is 0.0995 e. The molecule has 1 aromatic rings.